The van der Waals surface area contributed by atoms with Gasteiger partial charge < -0.3 is 10.2 Å². The molecule has 3 heterocycles. The second kappa shape index (κ2) is 9.80. The average Bonchev–Trinajstić information content (AvgIpc) is 3.32. The maximum absolute atomic E-state index is 11.9. The van der Waals surface area contributed by atoms with Crippen molar-refractivity contribution in [2.24, 2.45) is 0 Å². The number of amides is 1. The van der Waals surface area contributed by atoms with Crippen LogP contribution in [0.25, 0.3) is 11.3 Å². The highest BCUT2D eigenvalue weighted by molar-refractivity contribution is 7.09. The number of anilines is 2. The van der Waals surface area contributed by atoms with E-state index in [0.717, 1.165) is 41.9 Å². The van der Waals surface area contributed by atoms with Crippen molar-refractivity contribution in [1.82, 2.24) is 9.97 Å². The quantitative estimate of drug-likeness (QED) is 0.391. The fourth-order valence-electron chi connectivity index (χ4n) is 3.21. The molecule has 0 aliphatic heterocycles. The summed E-state index contributed by atoms with van der Waals surface area (Å²) in [6.07, 6.45) is 5.24. The van der Waals surface area contributed by atoms with Crippen LogP contribution in [0.1, 0.15) is 10.4 Å². The first kappa shape index (κ1) is 19.8. The van der Waals surface area contributed by atoms with Crippen LogP contribution in [0.15, 0.2) is 84.5 Å². The number of hydrogen-bond donors (Lipinski definition) is 1. The smallest absolute Gasteiger partial charge is 0.214 e. The van der Waals surface area contributed by atoms with E-state index in [9.17, 15) is 4.79 Å². The lowest BCUT2D eigenvalue weighted by Gasteiger charge is -2.21. The first-order chi connectivity index (χ1) is 14.8. The average molecular weight is 415 g/mol. The van der Waals surface area contributed by atoms with E-state index in [1.807, 2.05) is 54.6 Å². The lowest BCUT2D eigenvalue weighted by molar-refractivity contribution is -0.107. The summed E-state index contributed by atoms with van der Waals surface area (Å²) in [6.45, 7) is 1.17. The zero-order chi connectivity index (χ0) is 20.6. The molecule has 4 aromatic rings. The Morgan fingerprint density at radius 1 is 1.00 bits per heavy atom. The van der Waals surface area contributed by atoms with E-state index in [0.29, 0.717) is 12.4 Å². The number of rotatable bonds is 9. The molecule has 0 atom stereocenters. The highest BCUT2D eigenvalue weighted by Crippen LogP contribution is 2.29. The van der Waals surface area contributed by atoms with Gasteiger partial charge in [-0.2, -0.15) is 0 Å². The van der Waals surface area contributed by atoms with E-state index < -0.39 is 0 Å². The fourth-order valence-corrected chi connectivity index (χ4v) is 3.92. The number of aromatic nitrogens is 2. The Kier molecular flexibility index (Phi) is 6.47. The molecule has 0 saturated heterocycles. The maximum atomic E-state index is 11.9. The first-order valence-electron chi connectivity index (χ1n) is 9.77. The molecule has 30 heavy (non-hydrogen) atoms. The van der Waals surface area contributed by atoms with E-state index in [2.05, 4.69) is 27.8 Å². The summed E-state index contributed by atoms with van der Waals surface area (Å²) in [4.78, 5) is 23.9. The summed E-state index contributed by atoms with van der Waals surface area (Å²) in [5, 5.41) is 5.52. The Morgan fingerprint density at radius 3 is 2.63 bits per heavy atom. The Bertz CT molecular complexity index is 1070. The van der Waals surface area contributed by atoms with Gasteiger partial charge >= 0.3 is 0 Å². The van der Waals surface area contributed by atoms with Gasteiger partial charge in [-0.1, -0.05) is 42.5 Å². The van der Waals surface area contributed by atoms with Crippen LogP contribution in [0.5, 0.6) is 0 Å². The van der Waals surface area contributed by atoms with Gasteiger partial charge in [0.2, 0.25) is 6.41 Å². The van der Waals surface area contributed by atoms with Gasteiger partial charge in [0.05, 0.1) is 17.9 Å². The number of nitrogens with zero attached hydrogens (tertiary/aromatic N) is 3. The van der Waals surface area contributed by atoms with E-state index in [1.165, 1.54) is 4.88 Å². The largest absolute Gasteiger partial charge is 0.368 e. The second-order valence-electron chi connectivity index (χ2n) is 6.78. The van der Waals surface area contributed by atoms with Crippen molar-refractivity contribution in [2.75, 3.05) is 16.8 Å². The van der Waals surface area contributed by atoms with Crippen molar-refractivity contribution >= 4 is 29.3 Å². The van der Waals surface area contributed by atoms with E-state index in [-0.39, 0.29) is 0 Å². The summed E-state index contributed by atoms with van der Waals surface area (Å²) in [5.41, 5.74) is 3.61. The molecule has 0 unspecified atom stereocenters. The molecule has 6 heteroatoms. The molecule has 3 aromatic heterocycles. The Balaban J connectivity index is 1.62. The zero-order valence-electron chi connectivity index (χ0n) is 16.4. The Morgan fingerprint density at radius 2 is 1.90 bits per heavy atom. The van der Waals surface area contributed by atoms with Gasteiger partial charge in [0, 0.05) is 29.4 Å². The maximum Gasteiger partial charge on any atom is 0.214 e. The topological polar surface area (TPSA) is 58.1 Å². The minimum absolute atomic E-state index is 0.434. The van der Waals surface area contributed by atoms with Crippen LogP contribution in [0.2, 0.25) is 0 Å². The van der Waals surface area contributed by atoms with Crippen LogP contribution >= 0.6 is 11.3 Å². The van der Waals surface area contributed by atoms with Crippen LogP contribution in [0, 0.1) is 0 Å². The zero-order valence-corrected chi connectivity index (χ0v) is 17.3. The van der Waals surface area contributed by atoms with Crippen molar-refractivity contribution in [1.29, 1.82) is 0 Å². The number of carbonyl (C=O) groups excluding carboxylic acids is 1. The summed E-state index contributed by atoms with van der Waals surface area (Å²) >= 11 is 1.74. The van der Waals surface area contributed by atoms with Gasteiger partial charge in [0.1, 0.15) is 0 Å². The Hall–Kier alpha value is -3.51. The van der Waals surface area contributed by atoms with Crippen molar-refractivity contribution in [2.45, 2.75) is 13.0 Å². The van der Waals surface area contributed by atoms with Crippen molar-refractivity contribution in [3.63, 3.8) is 0 Å². The van der Waals surface area contributed by atoms with Crippen LogP contribution in [0.4, 0.5) is 11.5 Å². The number of nitrogens with one attached hydrogen (secondary N) is 1. The summed E-state index contributed by atoms with van der Waals surface area (Å²) in [5.74, 6) is 0.698. The second-order valence-corrected chi connectivity index (χ2v) is 7.81. The van der Waals surface area contributed by atoms with Gasteiger partial charge in [-0.3, -0.25) is 9.78 Å². The highest BCUT2D eigenvalue weighted by atomic mass is 32.1. The van der Waals surface area contributed by atoms with Gasteiger partial charge in [-0.25, -0.2) is 4.98 Å². The van der Waals surface area contributed by atoms with Crippen LogP contribution in [-0.2, 0) is 17.8 Å². The van der Waals surface area contributed by atoms with Crippen LogP contribution in [-0.4, -0.2) is 22.9 Å². The Labute approximate surface area is 180 Å². The molecule has 0 spiro atoms. The summed E-state index contributed by atoms with van der Waals surface area (Å²) in [7, 11) is 0. The molecule has 0 radical (unpaired) electrons. The number of hydrogen-bond acceptors (Lipinski definition) is 5. The van der Waals surface area contributed by atoms with E-state index in [4.69, 9.17) is 4.98 Å². The third-order valence-electron chi connectivity index (χ3n) is 4.70. The molecule has 1 amide bonds. The van der Waals surface area contributed by atoms with Crippen LogP contribution < -0.4 is 10.2 Å². The van der Waals surface area contributed by atoms with Gasteiger partial charge in [0.25, 0.3) is 0 Å². The molecule has 150 valence electrons. The molecular weight excluding hydrogens is 392 g/mol. The van der Waals surface area contributed by atoms with Crippen molar-refractivity contribution in [3.05, 3.63) is 94.9 Å². The molecule has 0 aliphatic carbocycles. The summed E-state index contributed by atoms with van der Waals surface area (Å²) < 4.78 is 0. The van der Waals surface area contributed by atoms with Crippen LogP contribution in [0.3, 0.4) is 0 Å². The van der Waals surface area contributed by atoms with Crippen molar-refractivity contribution in [3.8, 4) is 11.3 Å². The number of benzene rings is 1. The standard InChI is InChI=1S/C24H22N4OS/c29-18-28(17-19-6-4-13-25-16-19)23-11-10-22(20-7-2-1-3-8-20)27-24(23)26-14-12-21-9-5-15-30-21/h1-11,13,15-16,18H,12,14,17H2,(H,26,27). The van der Waals surface area contributed by atoms with Gasteiger partial charge in [-0.15, -0.1) is 11.3 Å². The monoisotopic (exact) mass is 414 g/mol. The SMILES string of the molecule is O=CN(Cc1cccnc1)c1ccc(-c2ccccc2)nc1NCCc1cccs1. The molecule has 0 bridgehead atoms. The molecule has 4 rings (SSSR count). The molecule has 0 fully saturated rings. The number of pyridine rings is 2. The minimum Gasteiger partial charge on any atom is -0.368 e. The fraction of sp³-hybridized carbons (Fsp3) is 0.125. The molecule has 0 aliphatic rings. The molecule has 0 saturated carbocycles. The highest BCUT2D eigenvalue weighted by Gasteiger charge is 2.14. The lowest BCUT2D eigenvalue weighted by atomic mass is 10.1. The summed E-state index contributed by atoms with van der Waals surface area (Å²) in [6, 6.07) is 22.0. The first-order valence-corrected chi connectivity index (χ1v) is 10.6. The normalized spacial score (nSPS) is 10.5. The van der Waals surface area contributed by atoms with E-state index in [1.54, 1.807) is 28.6 Å². The molecular formula is C24H22N4OS. The van der Waals surface area contributed by atoms with Gasteiger partial charge in [0.15, 0.2) is 5.82 Å². The predicted molar refractivity (Wildman–Crippen MR) is 123 cm³/mol. The third kappa shape index (κ3) is 4.90. The molecule has 1 aromatic carbocycles. The third-order valence-corrected chi connectivity index (χ3v) is 5.64. The van der Waals surface area contributed by atoms with Gasteiger partial charge in [-0.05, 0) is 41.6 Å². The minimum atomic E-state index is 0.434. The van der Waals surface area contributed by atoms with E-state index >= 15 is 0 Å². The molecule has 5 nitrogen and oxygen atoms in total. The van der Waals surface area contributed by atoms with Crippen molar-refractivity contribution < 1.29 is 4.79 Å². The number of carbonyl (C=O) groups is 1. The molecule has 1 N–H and O–H groups in total. The predicted octanol–water partition coefficient (Wildman–Crippen LogP) is 5.02. The number of thiophene rings is 1. The lowest BCUT2D eigenvalue weighted by Crippen LogP contribution is -2.22.